The van der Waals surface area contributed by atoms with Crippen molar-refractivity contribution in [2.45, 2.75) is 25.8 Å². The van der Waals surface area contributed by atoms with E-state index in [-0.39, 0.29) is 24.2 Å². The molecule has 1 aliphatic carbocycles. The van der Waals surface area contributed by atoms with Crippen LogP contribution in [-0.4, -0.2) is 41.5 Å². The van der Waals surface area contributed by atoms with Crippen molar-refractivity contribution in [3.63, 3.8) is 0 Å². The van der Waals surface area contributed by atoms with Gasteiger partial charge < -0.3 is 10.4 Å². The van der Waals surface area contributed by atoms with Crippen molar-refractivity contribution in [3.8, 4) is 0 Å². The minimum atomic E-state index is -1.19. The van der Waals surface area contributed by atoms with Gasteiger partial charge in [-0.15, -0.1) is 5.10 Å². The summed E-state index contributed by atoms with van der Waals surface area (Å²) in [6.07, 6.45) is 4.25. The fourth-order valence-electron chi connectivity index (χ4n) is 2.83. The zero-order chi connectivity index (χ0) is 16.6. The van der Waals surface area contributed by atoms with Crippen LogP contribution in [0.2, 0.25) is 0 Å². The average molecular weight is 318 g/mol. The number of carboxylic acid groups (broad SMARTS) is 1. The van der Waals surface area contributed by atoms with Crippen LogP contribution in [0.5, 0.6) is 0 Å². The second kappa shape index (κ2) is 5.82. The van der Waals surface area contributed by atoms with Crippen molar-refractivity contribution >= 4 is 11.9 Å². The fourth-order valence-corrected chi connectivity index (χ4v) is 2.83. The van der Waals surface area contributed by atoms with Crippen LogP contribution in [0.1, 0.15) is 34.1 Å². The lowest BCUT2D eigenvalue weighted by atomic mass is 9.87. The van der Waals surface area contributed by atoms with E-state index in [1.165, 1.54) is 10.2 Å². The Balaban J connectivity index is 1.61. The molecule has 23 heavy (non-hydrogen) atoms. The van der Waals surface area contributed by atoms with Gasteiger partial charge >= 0.3 is 5.97 Å². The third-order valence-corrected chi connectivity index (χ3v) is 4.03. The fraction of sp³-hybridized carbons (Fsp3) is 0.500. The SMILES string of the molecule is Cn1cc2c(n1)CC(C(=O)NCc1nc(C(=O)O)nn1C)CC2. The molecule has 2 heterocycles. The second-order valence-corrected chi connectivity index (χ2v) is 5.71. The predicted molar refractivity (Wildman–Crippen MR) is 78.5 cm³/mol. The maximum atomic E-state index is 12.3. The molecule has 0 saturated heterocycles. The Morgan fingerprint density at radius 1 is 1.39 bits per heavy atom. The average Bonchev–Trinajstić information content (AvgIpc) is 3.05. The molecular weight excluding hydrogens is 300 g/mol. The van der Waals surface area contributed by atoms with E-state index in [1.54, 1.807) is 11.7 Å². The number of aryl methyl sites for hydroxylation is 3. The molecule has 2 aromatic heterocycles. The Hall–Kier alpha value is -2.71. The van der Waals surface area contributed by atoms with Gasteiger partial charge in [0.15, 0.2) is 0 Å². The van der Waals surface area contributed by atoms with Crippen molar-refractivity contribution in [1.29, 1.82) is 0 Å². The van der Waals surface area contributed by atoms with Crippen LogP contribution in [0, 0.1) is 5.92 Å². The smallest absolute Gasteiger partial charge is 0.375 e. The summed E-state index contributed by atoms with van der Waals surface area (Å²) in [5, 5.41) is 19.8. The number of carbonyl (C=O) groups is 2. The normalized spacial score (nSPS) is 16.9. The molecule has 1 amide bonds. The Bertz CT molecular complexity index is 763. The second-order valence-electron chi connectivity index (χ2n) is 5.71. The summed E-state index contributed by atoms with van der Waals surface area (Å²) in [5.74, 6) is -1.24. The molecule has 0 bridgehead atoms. The van der Waals surface area contributed by atoms with Crippen LogP contribution in [0.4, 0.5) is 0 Å². The minimum Gasteiger partial charge on any atom is -0.475 e. The third-order valence-electron chi connectivity index (χ3n) is 4.03. The molecule has 1 atom stereocenters. The number of carboxylic acids is 1. The van der Waals surface area contributed by atoms with E-state index in [0.717, 1.165) is 18.5 Å². The number of aromatic carboxylic acids is 1. The van der Waals surface area contributed by atoms with Gasteiger partial charge in [0.1, 0.15) is 5.82 Å². The van der Waals surface area contributed by atoms with Gasteiger partial charge in [-0.1, -0.05) is 0 Å². The largest absolute Gasteiger partial charge is 0.475 e. The van der Waals surface area contributed by atoms with Gasteiger partial charge in [-0.05, 0) is 18.4 Å². The molecule has 0 fully saturated rings. The number of fused-ring (bicyclic) bond motifs is 1. The van der Waals surface area contributed by atoms with E-state index in [9.17, 15) is 9.59 Å². The number of hydrogen-bond donors (Lipinski definition) is 2. The highest BCUT2D eigenvalue weighted by molar-refractivity contribution is 5.83. The molecule has 3 rings (SSSR count). The highest BCUT2D eigenvalue weighted by Gasteiger charge is 2.27. The quantitative estimate of drug-likeness (QED) is 0.797. The highest BCUT2D eigenvalue weighted by atomic mass is 16.4. The van der Waals surface area contributed by atoms with Gasteiger partial charge in [0.2, 0.25) is 5.91 Å². The maximum Gasteiger partial charge on any atom is 0.375 e. The Kier molecular flexibility index (Phi) is 3.85. The van der Waals surface area contributed by atoms with Crippen LogP contribution in [0.3, 0.4) is 0 Å². The summed E-state index contributed by atoms with van der Waals surface area (Å²) in [6, 6.07) is 0. The van der Waals surface area contributed by atoms with Crippen molar-refractivity contribution in [2.75, 3.05) is 0 Å². The molecule has 122 valence electrons. The first kappa shape index (κ1) is 15.2. The number of nitrogens with one attached hydrogen (secondary N) is 1. The van der Waals surface area contributed by atoms with Gasteiger partial charge in [0, 0.05) is 32.6 Å². The van der Waals surface area contributed by atoms with Crippen LogP contribution in [-0.2, 0) is 38.3 Å². The lowest BCUT2D eigenvalue weighted by Gasteiger charge is -2.20. The first-order valence-corrected chi connectivity index (χ1v) is 7.36. The molecule has 1 unspecified atom stereocenters. The summed E-state index contributed by atoms with van der Waals surface area (Å²) < 4.78 is 3.14. The lowest BCUT2D eigenvalue weighted by Crippen LogP contribution is -2.34. The summed E-state index contributed by atoms with van der Waals surface area (Å²) >= 11 is 0. The number of carbonyl (C=O) groups excluding carboxylic acids is 1. The van der Waals surface area contributed by atoms with Crippen LogP contribution in [0.15, 0.2) is 6.20 Å². The zero-order valence-corrected chi connectivity index (χ0v) is 13.0. The third kappa shape index (κ3) is 3.08. The predicted octanol–water partition coefficient (Wildman–Crippen LogP) is -0.332. The van der Waals surface area contributed by atoms with Crippen LogP contribution < -0.4 is 5.32 Å². The summed E-state index contributed by atoms with van der Waals surface area (Å²) in [5.41, 5.74) is 2.18. The number of rotatable bonds is 4. The van der Waals surface area contributed by atoms with Gasteiger partial charge in [0.25, 0.3) is 5.82 Å². The monoisotopic (exact) mass is 318 g/mol. The van der Waals surface area contributed by atoms with Crippen molar-refractivity contribution < 1.29 is 14.7 Å². The molecule has 0 radical (unpaired) electrons. The molecule has 1 aliphatic rings. The molecule has 9 heteroatoms. The van der Waals surface area contributed by atoms with Gasteiger partial charge in [-0.3, -0.25) is 14.2 Å². The van der Waals surface area contributed by atoms with E-state index in [2.05, 4.69) is 20.5 Å². The summed E-state index contributed by atoms with van der Waals surface area (Å²) in [4.78, 5) is 27.0. The molecule has 0 saturated carbocycles. The van der Waals surface area contributed by atoms with Gasteiger partial charge in [-0.25, -0.2) is 9.78 Å². The van der Waals surface area contributed by atoms with Crippen molar-refractivity contribution in [3.05, 3.63) is 29.1 Å². The van der Waals surface area contributed by atoms with E-state index >= 15 is 0 Å². The first-order chi connectivity index (χ1) is 10.9. The molecule has 0 spiro atoms. The number of nitrogens with zero attached hydrogens (tertiary/aromatic N) is 5. The minimum absolute atomic E-state index is 0.0684. The summed E-state index contributed by atoms with van der Waals surface area (Å²) in [6.45, 7) is 0.154. The van der Waals surface area contributed by atoms with E-state index < -0.39 is 5.97 Å². The van der Waals surface area contributed by atoms with Crippen molar-refractivity contribution in [2.24, 2.45) is 20.0 Å². The molecular formula is C14H18N6O3. The zero-order valence-electron chi connectivity index (χ0n) is 13.0. The van der Waals surface area contributed by atoms with Gasteiger partial charge in [-0.2, -0.15) is 5.10 Å². The lowest BCUT2D eigenvalue weighted by molar-refractivity contribution is -0.125. The highest BCUT2D eigenvalue weighted by Crippen LogP contribution is 2.24. The van der Waals surface area contributed by atoms with Gasteiger partial charge in [0.05, 0.1) is 12.2 Å². The number of amides is 1. The van der Waals surface area contributed by atoms with E-state index in [4.69, 9.17) is 5.11 Å². The first-order valence-electron chi connectivity index (χ1n) is 7.36. The van der Waals surface area contributed by atoms with E-state index in [0.29, 0.717) is 12.2 Å². The van der Waals surface area contributed by atoms with Crippen molar-refractivity contribution in [1.82, 2.24) is 29.9 Å². The molecule has 0 aromatic carbocycles. The molecule has 0 aliphatic heterocycles. The van der Waals surface area contributed by atoms with Crippen LogP contribution >= 0.6 is 0 Å². The summed E-state index contributed by atoms with van der Waals surface area (Å²) in [7, 11) is 3.48. The Labute approximate surface area is 132 Å². The standard InChI is InChI=1S/C14H18N6O3/c1-19-7-9-4-3-8(5-10(9)17-19)13(21)15-6-11-16-12(14(22)23)18-20(11)2/h7-8H,3-6H2,1-2H3,(H,15,21)(H,22,23). The molecule has 9 nitrogen and oxygen atoms in total. The van der Waals surface area contributed by atoms with Crippen LogP contribution in [0.25, 0.3) is 0 Å². The Morgan fingerprint density at radius 2 is 2.17 bits per heavy atom. The number of hydrogen-bond acceptors (Lipinski definition) is 5. The van der Waals surface area contributed by atoms with E-state index in [1.807, 2.05) is 13.2 Å². The number of aromatic nitrogens is 5. The maximum absolute atomic E-state index is 12.3. The molecule has 2 aromatic rings. The molecule has 2 N–H and O–H groups in total. The Morgan fingerprint density at radius 3 is 2.87 bits per heavy atom. The topological polar surface area (TPSA) is 115 Å².